The largest absolute Gasteiger partial charge is 0.465 e. The van der Waals surface area contributed by atoms with Crippen LogP contribution in [0.5, 0.6) is 0 Å². The Labute approximate surface area is 115 Å². The first-order chi connectivity index (χ1) is 9.36. The summed E-state index contributed by atoms with van der Waals surface area (Å²) in [6.07, 6.45) is 12.7. The van der Waals surface area contributed by atoms with Gasteiger partial charge in [-0.25, -0.2) is 0 Å². The maximum Gasteiger partial charge on any atom is 0.126 e. The Hall–Kier alpha value is -1.06. The fraction of sp³-hybridized carbons (Fsp3) is 0.625. The van der Waals surface area contributed by atoms with Crippen molar-refractivity contribution in [2.45, 2.75) is 44.6 Å². The van der Waals surface area contributed by atoms with Gasteiger partial charge in [0.2, 0.25) is 0 Å². The Morgan fingerprint density at radius 1 is 1.37 bits per heavy atom. The van der Waals surface area contributed by atoms with Crippen molar-refractivity contribution in [1.29, 1.82) is 0 Å². The number of hydrogen-bond donors (Lipinski definition) is 2. The van der Waals surface area contributed by atoms with Crippen LogP contribution in [0.15, 0.2) is 28.9 Å². The summed E-state index contributed by atoms with van der Waals surface area (Å²) in [5, 5.41) is 13.3. The second-order valence-corrected chi connectivity index (χ2v) is 5.38. The molecule has 106 valence electrons. The fourth-order valence-corrected chi connectivity index (χ4v) is 2.76. The summed E-state index contributed by atoms with van der Waals surface area (Å²) in [5.74, 6) is 1.43. The van der Waals surface area contributed by atoms with E-state index in [9.17, 15) is 5.11 Å². The minimum absolute atomic E-state index is 0.0485. The maximum atomic E-state index is 9.87. The smallest absolute Gasteiger partial charge is 0.126 e. The van der Waals surface area contributed by atoms with E-state index in [-0.39, 0.29) is 6.10 Å². The van der Waals surface area contributed by atoms with Crippen molar-refractivity contribution < 1.29 is 9.52 Å². The number of aliphatic hydroxyl groups is 1. The molecule has 1 fully saturated rings. The van der Waals surface area contributed by atoms with E-state index in [1.54, 1.807) is 6.26 Å². The lowest BCUT2D eigenvalue weighted by Gasteiger charge is -2.27. The topological polar surface area (TPSA) is 45.4 Å². The van der Waals surface area contributed by atoms with Crippen LogP contribution in [0.1, 0.15) is 44.3 Å². The minimum atomic E-state index is -0.0485. The normalized spacial score (nSPS) is 24.1. The highest BCUT2D eigenvalue weighted by Gasteiger charge is 2.21. The van der Waals surface area contributed by atoms with E-state index in [1.807, 2.05) is 18.2 Å². The van der Waals surface area contributed by atoms with Gasteiger partial charge in [0.05, 0.1) is 12.4 Å². The molecule has 1 aromatic rings. The molecule has 3 nitrogen and oxygen atoms in total. The number of hydrogen-bond acceptors (Lipinski definition) is 3. The average Bonchev–Trinajstić information content (AvgIpc) is 2.93. The van der Waals surface area contributed by atoms with Crippen LogP contribution in [-0.2, 0) is 0 Å². The second-order valence-electron chi connectivity index (χ2n) is 5.38. The number of nitrogens with one attached hydrogen (secondary N) is 1. The molecule has 19 heavy (non-hydrogen) atoms. The van der Waals surface area contributed by atoms with Crippen molar-refractivity contribution in [2.75, 3.05) is 13.1 Å². The van der Waals surface area contributed by atoms with Crippen LogP contribution in [0, 0.1) is 5.92 Å². The molecule has 3 heteroatoms. The van der Waals surface area contributed by atoms with Crippen molar-refractivity contribution in [2.24, 2.45) is 5.92 Å². The number of rotatable bonds is 7. The minimum Gasteiger partial charge on any atom is -0.465 e. The Kier molecular flexibility index (Phi) is 6.18. The Bertz CT molecular complexity index is 359. The third-order valence-electron chi connectivity index (χ3n) is 3.88. The average molecular weight is 263 g/mol. The Balaban J connectivity index is 1.50. The highest BCUT2D eigenvalue weighted by molar-refractivity contribution is 5.42. The van der Waals surface area contributed by atoms with Gasteiger partial charge in [-0.2, -0.15) is 0 Å². The first-order valence-electron chi connectivity index (χ1n) is 7.45. The second kappa shape index (κ2) is 8.18. The number of furan rings is 1. The fourth-order valence-electron chi connectivity index (χ4n) is 2.76. The molecule has 1 saturated carbocycles. The summed E-state index contributed by atoms with van der Waals surface area (Å²) in [6, 6.07) is 3.84. The molecular formula is C16H25NO2. The van der Waals surface area contributed by atoms with Gasteiger partial charge < -0.3 is 14.8 Å². The van der Waals surface area contributed by atoms with Gasteiger partial charge in [-0.15, -0.1) is 0 Å². The third-order valence-corrected chi connectivity index (χ3v) is 3.88. The lowest BCUT2D eigenvalue weighted by atomic mass is 9.83. The zero-order valence-corrected chi connectivity index (χ0v) is 11.6. The van der Waals surface area contributed by atoms with Crippen LogP contribution >= 0.6 is 0 Å². The van der Waals surface area contributed by atoms with Gasteiger partial charge >= 0.3 is 0 Å². The van der Waals surface area contributed by atoms with Gasteiger partial charge in [-0.1, -0.05) is 18.9 Å². The van der Waals surface area contributed by atoms with Crippen LogP contribution in [0.25, 0.3) is 6.08 Å². The summed E-state index contributed by atoms with van der Waals surface area (Å²) in [4.78, 5) is 0. The molecule has 0 aliphatic heterocycles. The SMILES string of the molecule is OC1CCCCC1CCCNC/C=C/c1ccco1. The zero-order chi connectivity index (χ0) is 13.3. The molecule has 0 amide bonds. The quantitative estimate of drug-likeness (QED) is 0.742. The zero-order valence-electron chi connectivity index (χ0n) is 11.6. The summed E-state index contributed by atoms with van der Waals surface area (Å²) in [5.41, 5.74) is 0. The highest BCUT2D eigenvalue weighted by Crippen LogP contribution is 2.27. The van der Waals surface area contributed by atoms with E-state index in [0.717, 1.165) is 38.1 Å². The molecule has 0 spiro atoms. The lowest BCUT2D eigenvalue weighted by molar-refractivity contribution is 0.0643. The van der Waals surface area contributed by atoms with E-state index in [1.165, 1.54) is 19.3 Å². The van der Waals surface area contributed by atoms with Crippen LogP contribution < -0.4 is 5.32 Å². The molecule has 1 heterocycles. The van der Waals surface area contributed by atoms with Crippen molar-refractivity contribution in [3.05, 3.63) is 30.2 Å². The van der Waals surface area contributed by atoms with Gasteiger partial charge in [0.25, 0.3) is 0 Å². The standard InChI is InChI=1S/C16H25NO2/c18-16-10-2-1-6-14(16)7-3-11-17-12-4-8-15-9-5-13-19-15/h4-5,8-9,13-14,16-18H,1-3,6-7,10-12H2/b8-4+. The van der Waals surface area contributed by atoms with E-state index < -0.39 is 0 Å². The molecule has 0 bridgehead atoms. The molecule has 2 N–H and O–H groups in total. The van der Waals surface area contributed by atoms with Gasteiger partial charge in [0, 0.05) is 6.54 Å². The van der Waals surface area contributed by atoms with Crippen molar-refractivity contribution >= 4 is 6.08 Å². The predicted octanol–water partition coefficient (Wildman–Crippen LogP) is 3.21. The molecule has 2 rings (SSSR count). The van der Waals surface area contributed by atoms with Gasteiger partial charge in [-0.3, -0.25) is 0 Å². The first kappa shape index (κ1) is 14.4. The monoisotopic (exact) mass is 263 g/mol. The van der Waals surface area contributed by atoms with Gasteiger partial charge in [-0.05, 0) is 56.4 Å². The summed E-state index contributed by atoms with van der Waals surface area (Å²) in [6.45, 7) is 1.89. The molecule has 1 aromatic heterocycles. The molecule has 1 aliphatic carbocycles. The van der Waals surface area contributed by atoms with Crippen molar-refractivity contribution in [3.8, 4) is 0 Å². The number of aliphatic hydroxyl groups excluding tert-OH is 1. The summed E-state index contributed by atoms with van der Waals surface area (Å²) in [7, 11) is 0. The van der Waals surface area contributed by atoms with E-state index >= 15 is 0 Å². The Morgan fingerprint density at radius 3 is 3.05 bits per heavy atom. The first-order valence-corrected chi connectivity index (χ1v) is 7.45. The maximum absolute atomic E-state index is 9.87. The summed E-state index contributed by atoms with van der Waals surface area (Å²) < 4.78 is 5.21. The molecule has 0 aromatic carbocycles. The van der Waals surface area contributed by atoms with Crippen LogP contribution in [-0.4, -0.2) is 24.3 Å². The third kappa shape index (κ3) is 5.21. The highest BCUT2D eigenvalue weighted by atomic mass is 16.3. The molecule has 0 radical (unpaired) electrons. The molecule has 2 unspecified atom stereocenters. The Morgan fingerprint density at radius 2 is 2.26 bits per heavy atom. The van der Waals surface area contributed by atoms with E-state index in [4.69, 9.17) is 4.42 Å². The molecule has 0 saturated heterocycles. The predicted molar refractivity (Wildman–Crippen MR) is 77.8 cm³/mol. The molecule has 1 aliphatic rings. The van der Waals surface area contributed by atoms with E-state index in [0.29, 0.717) is 5.92 Å². The molecule has 2 atom stereocenters. The van der Waals surface area contributed by atoms with Crippen LogP contribution in [0.2, 0.25) is 0 Å². The van der Waals surface area contributed by atoms with E-state index in [2.05, 4.69) is 11.4 Å². The lowest BCUT2D eigenvalue weighted by Crippen LogP contribution is -2.25. The molecular weight excluding hydrogens is 238 g/mol. The summed E-state index contributed by atoms with van der Waals surface area (Å²) >= 11 is 0. The van der Waals surface area contributed by atoms with Crippen molar-refractivity contribution in [1.82, 2.24) is 5.32 Å². The van der Waals surface area contributed by atoms with Gasteiger partial charge in [0.15, 0.2) is 0 Å². The van der Waals surface area contributed by atoms with Crippen LogP contribution in [0.4, 0.5) is 0 Å². The van der Waals surface area contributed by atoms with Gasteiger partial charge in [0.1, 0.15) is 5.76 Å². The van der Waals surface area contributed by atoms with Crippen molar-refractivity contribution in [3.63, 3.8) is 0 Å². The van der Waals surface area contributed by atoms with Crippen LogP contribution in [0.3, 0.4) is 0 Å².